The van der Waals surface area contributed by atoms with E-state index in [1.807, 2.05) is 20.0 Å². The van der Waals surface area contributed by atoms with Gasteiger partial charge in [-0.2, -0.15) is 0 Å². The molecule has 1 N–H and O–H groups in total. The second kappa shape index (κ2) is 3.35. The van der Waals surface area contributed by atoms with Crippen molar-refractivity contribution < 1.29 is 4.39 Å². The lowest BCUT2D eigenvalue weighted by Crippen LogP contribution is -2.24. The number of aryl methyl sites for hydroxylation is 1. The summed E-state index contributed by atoms with van der Waals surface area (Å²) in [6.07, 6.45) is 2.45. The highest BCUT2D eigenvalue weighted by molar-refractivity contribution is 5.38. The van der Waals surface area contributed by atoms with Crippen LogP contribution in [0.2, 0.25) is 0 Å². The van der Waals surface area contributed by atoms with Crippen LogP contribution in [0.5, 0.6) is 0 Å². The highest BCUT2D eigenvalue weighted by Gasteiger charge is 2.44. The smallest absolute Gasteiger partial charge is 0.123 e. The summed E-state index contributed by atoms with van der Waals surface area (Å²) in [5.74, 6) is -0.133. The number of likely N-dealkylation sites (N-methyl/N-ethyl adjacent to an activating group) is 1. The minimum atomic E-state index is -0.133. The highest BCUT2D eigenvalue weighted by atomic mass is 19.1. The summed E-state index contributed by atoms with van der Waals surface area (Å²) in [7, 11) is 1.97. The maximum absolute atomic E-state index is 12.9. The van der Waals surface area contributed by atoms with E-state index in [-0.39, 0.29) is 5.82 Å². The first-order chi connectivity index (χ1) is 6.68. The topological polar surface area (TPSA) is 12.0 Å². The molecule has 1 aliphatic rings. The van der Waals surface area contributed by atoms with Crippen molar-refractivity contribution in [2.24, 2.45) is 0 Å². The van der Waals surface area contributed by atoms with Crippen LogP contribution in [0.4, 0.5) is 4.39 Å². The Kier molecular flexibility index (Phi) is 2.31. The summed E-state index contributed by atoms with van der Waals surface area (Å²) in [6, 6.07) is 5.14. The van der Waals surface area contributed by atoms with Crippen molar-refractivity contribution in [1.82, 2.24) is 5.32 Å². The van der Waals surface area contributed by atoms with Crippen LogP contribution in [0.1, 0.15) is 24.0 Å². The third kappa shape index (κ3) is 1.55. The van der Waals surface area contributed by atoms with E-state index < -0.39 is 0 Å². The standard InChI is InChI=1S/C12H16FN/c1-9-7-10(13)3-4-11(9)12(5-6-12)8-14-2/h3-4,7,14H,5-6,8H2,1-2H3. The van der Waals surface area contributed by atoms with Crippen molar-refractivity contribution in [1.29, 1.82) is 0 Å². The average molecular weight is 193 g/mol. The molecular formula is C12H16FN. The summed E-state index contributed by atoms with van der Waals surface area (Å²) < 4.78 is 12.9. The Morgan fingerprint density at radius 3 is 2.64 bits per heavy atom. The molecule has 0 aliphatic heterocycles. The maximum Gasteiger partial charge on any atom is 0.123 e. The van der Waals surface area contributed by atoms with Crippen LogP contribution in [0.15, 0.2) is 18.2 Å². The summed E-state index contributed by atoms with van der Waals surface area (Å²) in [4.78, 5) is 0. The molecule has 2 rings (SSSR count). The number of halogens is 1. The van der Waals surface area contributed by atoms with E-state index in [4.69, 9.17) is 0 Å². The second-order valence-electron chi connectivity index (χ2n) is 4.27. The third-order valence-electron chi connectivity index (χ3n) is 3.13. The van der Waals surface area contributed by atoms with Crippen molar-refractivity contribution >= 4 is 0 Å². The molecule has 2 heteroatoms. The Labute approximate surface area is 84.3 Å². The van der Waals surface area contributed by atoms with Crippen LogP contribution in [0.25, 0.3) is 0 Å². The number of hydrogen-bond acceptors (Lipinski definition) is 1. The van der Waals surface area contributed by atoms with Gasteiger partial charge in [0, 0.05) is 12.0 Å². The zero-order valence-corrected chi connectivity index (χ0v) is 8.73. The fraction of sp³-hybridized carbons (Fsp3) is 0.500. The Balaban J connectivity index is 2.32. The Morgan fingerprint density at radius 1 is 1.43 bits per heavy atom. The van der Waals surface area contributed by atoms with E-state index in [1.165, 1.54) is 18.4 Å². The van der Waals surface area contributed by atoms with Gasteiger partial charge >= 0.3 is 0 Å². The number of benzene rings is 1. The summed E-state index contributed by atoms with van der Waals surface area (Å²) in [5.41, 5.74) is 2.69. The molecule has 14 heavy (non-hydrogen) atoms. The average Bonchev–Trinajstić information content (AvgIpc) is 2.86. The molecule has 0 aromatic heterocycles. The summed E-state index contributed by atoms with van der Waals surface area (Å²) >= 11 is 0. The van der Waals surface area contributed by atoms with Gasteiger partial charge in [0.05, 0.1) is 0 Å². The largest absolute Gasteiger partial charge is 0.319 e. The molecule has 0 saturated heterocycles. The molecule has 0 spiro atoms. The number of rotatable bonds is 3. The van der Waals surface area contributed by atoms with Crippen molar-refractivity contribution in [3.8, 4) is 0 Å². The van der Waals surface area contributed by atoms with Crippen molar-refractivity contribution in [3.05, 3.63) is 35.1 Å². The maximum atomic E-state index is 12.9. The lowest BCUT2D eigenvalue weighted by molar-refractivity contribution is 0.605. The third-order valence-corrected chi connectivity index (χ3v) is 3.13. The first-order valence-electron chi connectivity index (χ1n) is 5.09. The van der Waals surface area contributed by atoms with Crippen molar-refractivity contribution in [2.75, 3.05) is 13.6 Å². The van der Waals surface area contributed by atoms with E-state index in [2.05, 4.69) is 5.32 Å². The molecule has 1 aromatic rings. The van der Waals surface area contributed by atoms with E-state index >= 15 is 0 Å². The molecule has 0 heterocycles. The van der Waals surface area contributed by atoms with Gasteiger partial charge in [0.15, 0.2) is 0 Å². The molecule has 1 nitrogen and oxygen atoms in total. The molecule has 1 aromatic carbocycles. The Bertz CT molecular complexity index is 342. The molecule has 0 radical (unpaired) electrons. The van der Waals surface area contributed by atoms with Crippen LogP contribution in [-0.2, 0) is 5.41 Å². The van der Waals surface area contributed by atoms with E-state index in [9.17, 15) is 4.39 Å². The van der Waals surface area contributed by atoms with Gasteiger partial charge < -0.3 is 5.32 Å². The molecule has 1 aliphatic carbocycles. The molecular weight excluding hydrogens is 177 g/mol. The van der Waals surface area contributed by atoms with Gasteiger partial charge in [-0.3, -0.25) is 0 Å². The van der Waals surface area contributed by atoms with Crippen molar-refractivity contribution in [2.45, 2.75) is 25.2 Å². The minimum absolute atomic E-state index is 0.133. The fourth-order valence-electron chi connectivity index (χ4n) is 2.25. The summed E-state index contributed by atoms with van der Waals surface area (Å²) in [5, 5.41) is 3.22. The predicted octanol–water partition coefficient (Wildman–Crippen LogP) is 2.39. The van der Waals surface area contributed by atoms with Gasteiger partial charge in [-0.15, -0.1) is 0 Å². The van der Waals surface area contributed by atoms with Gasteiger partial charge in [0.2, 0.25) is 0 Å². The van der Waals surface area contributed by atoms with E-state index in [1.54, 1.807) is 12.1 Å². The van der Waals surface area contributed by atoms with Gasteiger partial charge in [-0.05, 0) is 50.1 Å². The van der Waals surface area contributed by atoms with Gasteiger partial charge in [0.1, 0.15) is 5.82 Å². The highest BCUT2D eigenvalue weighted by Crippen LogP contribution is 2.48. The summed E-state index contributed by atoms with van der Waals surface area (Å²) in [6.45, 7) is 2.99. The fourth-order valence-corrected chi connectivity index (χ4v) is 2.25. The minimum Gasteiger partial charge on any atom is -0.319 e. The monoisotopic (exact) mass is 193 g/mol. The molecule has 1 fully saturated rings. The van der Waals surface area contributed by atoms with Crippen LogP contribution >= 0.6 is 0 Å². The zero-order chi connectivity index (χ0) is 10.2. The van der Waals surface area contributed by atoms with Crippen molar-refractivity contribution in [3.63, 3.8) is 0 Å². The van der Waals surface area contributed by atoms with E-state index in [0.29, 0.717) is 5.41 Å². The first kappa shape index (κ1) is 9.66. The lowest BCUT2D eigenvalue weighted by atomic mass is 9.92. The van der Waals surface area contributed by atoms with Gasteiger partial charge in [-0.1, -0.05) is 6.07 Å². The molecule has 1 saturated carbocycles. The molecule has 0 atom stereocenters. The normalized spacial score (nSPS) is 18.2. The van der Waals surface area contributed by atoms with Crippen LogP contribution in [0.3, 0.4) is 0 Å². The first-order valence-corrected chi connectivity index (χ1v) is 5.09. The molecule has 0 bridgehead atoms. The van der Waals surface area contributed by atoms with Crippen LogP contribution in [-0.4, -0.2) is 13.6 Å². The van der Waals surface area contributed by atoms with Crippen LogP contribution < -0.4 is 5.32 Å². The zero-order valence-electron chi connectivity index (χ0n) is 8.73. The molecule has 76 valence electrons. The quantitative estimate of drug-likeness (QED) is 0.777. The second-order valence-corrected chi connectivity index (χ2v) is 4.27. The predicted molar refractivity (Wildman–Crippen MR) is 56.0 cm³/mol. The van der Waals surface area contributed by atoms with Gasteiger partial charge in [-0.25, -0.2) is 4.39 Å². The lowest BCUT2D eigenvalue weighted by Gasteiger charge is -2.17. The number of hydrogen-bond donors (Lipinski definition) is 1. The Hall–Kier alpha value is -0.890. The molecule has 0 unspecified atom stereocenters. The number of nitrogens with one attached hydrogen (secondary N) is 1. The SMILES string of the molecule is CNCC1(c2ccc(F)cc2C)CC1. The molecule has 0 amide bonds. The van der Waals surface area contributed by atoms with Crippen LogP contribution in [0, 0.1) is 12.7 Å². The Morgan fingerprint density at radius 2 is 2.14 bits per heavy atom. The van der Waals surface area contributed by atoms with E-state index in [0.717, 1.165) is 12.1 Å². The van der Waals surface area contributed by atoms with Gasteiger partial charge in [0.25, 0.3) is 0 Å².